The lowest BCUT2D eigenvalue weighted by Crippen LogP contribution is -2.18. The van der Waals surface area contributed by atoms with Gasteiger partial charge in [0.05, 0.1) is 22.8 Å². The number of hydrogen-bond donors (Lipinski definition) is 3. The molecule has 0 saturated heterocycles. The molecule has 198 valence electrons. The smallest absolute Gasteiger partial charge is 0.364 e. The summed E-state index contributed by atoms with van der Waals surface area (Å²) in [5.74, 6) is -1.15. The van der Waals surface area contributed by atoms with Crippen LogP contribution in [0, 0.1) is 11.6 Å². The summed E-state index contributed by atoms with van der Waals surface area (Å²) in [6.45, 7) is 0.0778. The number of nitrogens with zero attached hydrogens (tertiary/aromatic N) is 1. The van der Waals surface area contributed by atoms with E-state index in [1.807, 2.05) is 0 Å². The molecular formula is C27H16ClF5N4O2. The first kappa shape index (κ1) is 26.3. The van der Waals surface area contributed by atoms with Gasteiger partial charge in [-0.15, -0.1) is 0 Å². The SMILES string of the molecule is NCc1ccc2c3c(c(NC(=O)c4cc(F)cc(C(F)(F)F)c4)cc2n1)C(c1cc(F)ccc1Cl)NC3=C=O. The number of aromatic nitrogens is 1. The molecule has 1 aliphatic heterocycles. The van der Waals surface area contributed by atoms with Gasteiger partial charge in [0.2, 0.25) is 0 Å². The van der Waals surface area contributed by atoms with Crippen LogP contribution in [0.1, 0.15) is 44.3 Å². The van der Waals surface area contributed by atoms with Crippen LogP contribution in [0.15, 0.2) is 54.6 Å². The van der Waals surface area contributed by atoms with Crippen LogP contribution in [-0.4, -0.2) is 16.8 Å². The molecule has 0 bridgehead atoms. The lowest BCUT2D eigenvalue weighted by molar-refractivity contribution is -0.137. The monoisotopic (exact) mass is 558 g/mol. The average Bonchev–Trinajstić information content (AvgIpc) is 3.29. The molecule has 1 unspecified atom stereocenters. The van der Waals surface area contributed by atoms with Crippen LogP contribution in [-0.2, 0) is 17.5 Å². The van der Waals surface area contributed by atoms with E-state index < -0.39 is 40.9 Å². The lowest BCUT2D eigenvalue weighted by atomic mass is 9.93. The molecule has 0 spiro atoms. The van der Waals surface area contributed by atoms with Crippen LogP contribution in [0.5, 0.6) is 0 Å². The Morgan fingerprint density at radius 2 is 1.85 bits per heavy atom. The van der Waals surface area contributed by atoms with E-state index >= 15 is 0 Å². The number of nitrogens with one attached hydrogen (secondary N) is 2. The molecule has 5 rings (SSSR count). The third-order valence-electron chi connectivity index (χ3n) is 6.24. The first-order valence-electron chi connectivity index (χ1n) is 11.3. The van der Waals surface area contributed by atoms with Crippen molar-refractivity contribution in [1.29, 1.82) is 0 Å². The molecule has 2 heterocycles. The summed E-state index contributed by atoms with van der Waals surface area (Å²) in [6, 6.07) is 8.81. The molecule has 0 saturated carbocycles. The van der Waals surface area contributed by atoms with Crippen LogP contribution >= 0.6 is 11.6 Å². The molecule has 1 atom stereocenters. The van der Waals surface area contributed by atoms with Gasteiger partial charge >= 0.3 is 6.18 Å². The fourth-order valence-corrected chi connectivity index (χ4v) is 4.76. The van der Waals surface area contributed by atoms with Crippen molar-refractivity contribution in [1.82, 2.24) is 10.3 Å². The number of pyridine rings is 1. The average molecular weight is 559 g/mol. The highest BCUT2D eigenvalue weighted by Crippen LogP contribution is 2.46. The van der Waals surface area contributed by atoms with Crippen molar-refractivity contribution < 1.29 is 31.5 Å². The molecule has 1 amide bonds. The summed E-state index contributed by atoms with van der Waals surface area (Å²) in [4.78, 5) is 29.6. The predicted molar refractivity (Wildman–Crippen MR) is 134 cm³/mol. The number of fused-ring (bicyclic) bond motifs is 3. The molecular weight excluding hydrogens is 543 g/mol. The van der Waals surface area contributed by atoms with E-state index in [1.165, 1.54) is 12.1 Å². The molecule has 39 heavy (non-hydrogen) atoms. The number of hydrogen-bond acceptors (Lipinski definition) is 5. The minimum Gasteiger partial charge on any atom is -0.364 e. The summed E-state index contributed by atoms with van der Waals surface area (Å²) >= 11 is 6.35. The number of anilines is 1. The van der Waals surface area contributed by atoms with Crippen molar-refractivity contribution in [3.63, 3.8) is 0 Å². The first-order valence-corrected chi connectivity index (χ1v) is 11.7. The Morgan fingerprint density at radius 3 is 2.54 bits per heavy atom. The van der Waals surface area contributed by atoms with Crippen LogP contribution in [0.2, 0.25) is 5.02 Å². The van der Waals surface area contributed by atoms with Gasteiger partial charge in [0.25, 0.3) is 5.91 Å². The summed E-state index contributed by atoms with van der Waals surface area (Å²) in [5.41, 5.74) is 5.26. The second-order valence-corrected chi connectivity index (χ2v) is 9.09. The third kappa shape index (κ3) is 4.83. The van der Waals surface area contributed by atoms with E-state index in [0.29, 0.717) is 28.7 Å². The van der Waals surface area contributed by atoms with E-state index in [2.05, 4.69) is 15.6 Å². The van der Waals surface area contributed by atoms with Gasteiger partial charge in [0.1, 0.15) is 17.3 Å². The van der Waals surface area contributed by atoms with Crippen molar-refractivity contribution >= 4 is 45.7 Å². The molecule has 12 heteroatoms. The lowest BCUT2D eigenvalue weighted by Gasteiger charge is -2.19. The van der Waals surface area contributed by atoms with E-state index in [-0.39, 0.29) is 45.7 Å². The highest BCUT2D eigenvalue weighted by Gasteiger charge is 2.36. The summed E-state index contributed by atoms with van der Waals surface area (Å²) in [5, 5.41) is 6.04. The standard InChI is InChI=1S/C27H16ClF5N4O2/c28-19-4-1-14(29)8-18(19)25-24-21(37-26(39)12-5-13(27(31,32)33)7-15(30)6-12)9-20-17(3-2-16(10-34)35-20)23(24)22(11-38)36-25/h1-9,25,36H,10,34H2,(H,37,39). The summed E-state index contributed by atoms with van der Waals surface area (Å²) < 4.78 is 68.0. The van der Waals surface area contributed by atoms with Crippen molar-refractivity contribution in [3.05, 3.63) is 105 Å². The van der Waals surface area contributed by atoms with Gasteiger partial charge in [-0.3, -0.25) is 9.78 Å². The molecule has 1 aliphatic rings. The zero-order valence-corrected chi connectivity index (χ0v) is 20.3. The Labute approximate surface area is 222 Å². The normalized spacial score (nSPS) is 14.6. The van der Waals surface area contributed by atoms with Gasteiger partial charge in [-0.25, -0.2) is 13.6 Å². The Kier molecular flexibility index (Phi) is 6.59. The highest BCUT2D eigenvalue weighted by atomic mass is 35.5. The van der Waals surface area contributed by atoms with Gasteiger partial charge in [0, 0.05) is 44.9 Å². The Bertz CT molecular complexity index is 1720. The number of rotatable bonds is 4. The minimum atomic E-state index is -4.89. The molecule has 1 aromatic heterocycles. The second-order valence-electron chi connectivity index (χ2n) is 8.69. The zero-order valence-electron chi connectivity index (χ0n) is 19.6. The quantitative estimate of drug-likeness (QED) is 0.219. The Morgan fingerprint density at radius 1 is 1.08 bits per heavy atom. The van der Waals surface area contributed by atoms with Crippen molar-refractivity contribution in [2.75, 3.05) is 5.32 Å². The summed E-state index contributed by atoms with van der Waals surface area (Å²) in [6.07, 6.45) is -4.89. The fraction of sp³-hybridized carbons (Fsp3) is 0.111. The van der Waals surface area contributed by atoms with Gasteiger partial charge in [-0.05, 0) is 48.5 Å². The number of halogens is 6. The minimum absolute atomic E-state index is 0.0186. The maximum atomic E-state index is 14.2. The third-order valence-corrected chi connectivity index (χ3v) is 6.58. The Hall–Kier alpha value is -4.31. The predicted octanol–water partition coefficient (Wildman–Crippen LogP) is 5.76. The molecule has 0 aliphatic carbocycles. The Balaban J connectivity index is 1.73. The molecule has 6 nitrogen and oxygen atoms in total. The fourth-order valence-electron chi connectivity index (χ4n) is 4.54. The van der Waals surface area contributed by atoms with Gasteiger partial charge in [-0.2, -0.15) is 13.2 Å². The number of carbonyl (C=O) groups excluding carboxylic acids is 2. The van der Waals surface area contributed by atoms with Crippen LogP contribution < -0.4 is 16.4 Å². The largest absolute Gasteiger partial charge is 0.416 e. The van der Waals surface area contributed by atoms with E-state index in [0.717, 1.165) is 12.1 Å². The number of amides is 1. The van der Waals surface area contributed by atoms with Crippen LogP contribution in [0.25, 0.3) is 16.6 Å². The first-order chi connectivity index (χ1) is 18.5. The molecule has 0 radical (unpaired) electrons. The topological polar surface area (TPSA) is 97.1 Å². The van der Waals surface area contributed by atoms with Crippen molar-refractivity contribution in [3.8, 4) is 0 Å². The van der Waals surface area contributed by atoms with Crippen molar-refractivity contribution in [2.24, 2.45) is 5.73 Å². The van der Waals surface area contributed by atoms with Crippen LogP contribution in [0.4, 0.5) is 27.6 Å². The van der Waals surface area contributed by atoms with E-state index in [1.54, 1.807) is 18.1 Å². The number of nitrogens with two attached hydrogens (primary N) is 1. The van der Waals surface area contributed by atoms with E-state index in [9.17, 15) is 31.5 Å². The number of alkyl halides is 3. The maximum absolute atomic E-state index is 14.2. The number of carbonyl (C=O) groups is 1. The van der Waals surface area contributed by atoms with Gasteiger partial charge in [0.15, 0.2) is 5.94 Å². The summed E-state index contributed by atoms with van der Waals surface area (Å²) in [7, 11) is 0. The second kappa shape index (κ2) is 9.77. The van der Waals surface area contributed by atoms with Crippen molar-refractivity contribution in [2.45, 2.75) is 18.8 Å². The highest BCUT2D eigenvalue weighted by molar-refractivity contribution is 6.31. The number of benzene rings is 3. The zero-order chi connectivity index (χ0) is 28.1. The van der Waals surface area contributed by atoms with E-state index in [4.69, 9.17) is 17.3 Å². The molecule has 4 aromatic rings. The molecule has 4 N–H and O–H groups in total. The maximum Gasteiger partial charge on any atom is 0.416 e. The van der Waals surface area contributed by atoms with Crippen LogP contribution in [0.3, 0.4) is 0 Å². The molecule has 3 aromatic carbocycles. The van der Waals surface area contributed by atoms with Gasteiger partial charge < -0.3 is 16.4 Å². The molecule has 0 fully saturated rings. The van der Waals surface area contributed by atoms with Gasteiger partial charge in [-0.1, -0.05) is 17.7 Å².